The number of hydrogen-bond acceptors (Lipinski definition) is 4. The van der Waals surface area contributed by atoms with Gasteiger partial charge in [0.15, 0.2) is 0 Å². The molecule has 2 aromatic rings. The van der Waals surface area contributed by atoms with Gasteiger partial charge in [0.1, 0.15) is 11.6 Å². The van der Waals surface area contributed by atoms with Gasteiger partial charge >= 0.3 is 0 Å². The SMILES string of the molecule is Nc1ncc(-c2ccc(F)c(Cl)c2)c(N)n1. The maximum Gasteiger partial charge on any atom is 0.221 e. The fourth-order valence-electron chi connectivity index (χ4n) is 1.30. The minimum absolute atomic E-state index is 0.0220. The highest BCUT2D eigenvalue weighted by molar-refractivity contribution is 6.31. The highest BCUT2D eigenvalue weighted by Crippen LogP contribution is 2.27. The van der Waals surface area contributed by atoms with Crippen molar-refractivity contribution in [1.82, 2.24) is 9.97 Å². The van der Waals surface area contributed by atoms with E-state index < -0.39 is 5.82 Å². The Balaban J connectivity index is 2.54. The van der Waals surface area contributed by atoms with Gasteiger partial charge in [0.25, 0.3) is 0 Å². The number of nitrogens with two attached hydrogens (primary N) is 2. The lowest BCUT2D eigenvalue weighted by Crippen LogP contribution is -2.01. The molecule has 0 bridgehead atoms. The first-order valence-electron chi connectivity index (χ1n) is 4.41. The molecule has 0 aliphatic heterocycles. The topological polar surface area (TPSA) is 77.8 Å². The summed E-state index contributed by atoms with van der Waals surface area (Å²) in [6.07, 6.45) is 1.47. The smallest absolute Gasteiger partial charge is 0.221 e. The van der Waals surface area contributed by atoms with Crippen LogP contribution in [0.2, 0.25) is 5.02 Å². The number of anilines is 2. The van der Waals surface area contributed by atoms with Crippen molar-refractivity contribution in [2.45, 2.75) is 0 Å². The summed E-state index contributed by atoms with van der Waals surface area (Å²) in [5.74, 6) is -0.162. The Morgan fingerprint density at radius 1 is 1.25 bits per heavy atom. The van der Waals surface area contributed by atoms with Crippen LogP contribution in [0.15, 0.2) is 24.4 Å². The second-order valence-electron chi connectivity index (χ2n) is 3.16. The van der Waals surface area contributed by atoms with E-state index in [9.17, 15) is 4.39 Å². The van der Waals surface area contributed by atoms with E-state index in [2.05, 4.69) is 9.97 Å². The molecule has 16 heavy (non-hydrogen) atoms. The second kappa shape index (κ2) is 3.94. The summed E-state index contributed by atoms with van der Waals surface area (Å²) >= 11 is 5.67. The van der Waals surface area contributed by atoms with Crippen molar-refractivity contribution >= 4 is 23.4 Å². The zero-order valence-corrected chi connectivity index (χ0v) is 8.87. The largest absolute Gasteiger partial charge is 0.383 e. The van der Waals surface area contributed by atoms with Gasteiger partial charge in [-0.2, -0.15) is 4.98 Å². The quantitative estimate of drug-likeness (QED) is 0.798. The monoisotopic (exact) mass is 238 g/mol. The van der Waals surface area contributed by atoms with Gasteiger partial charge in [-0.15, -0.1) is 0 Å². The van der Waals surface area contributed by atoms with Crippen molar-refractivity contribution in [2.75, 3.05) is 11.5 Å². The molecule has 4 nitrogen and oxygen atoms in total. The molecule has 1 heterocycles. The Morgan fingerprint density at radius 2 is 2.00 bits per heavy atom. The zero-order valence-electron chi connectivity index (χ0n) is 8.11. The molecule has 4 N–H and O–H groups in total. The van der Waals surface area contributed by atoms with Gasteiger partial charge in [-0.25, -0.2) is 9.37 Å². The van der Waals surface area contributed by atoms with Gasteiger partial charge in [-0.3, -0.25) is 0 Å². The van der Waals surface area contributed by atoms with E-state index in [-0.39, 0.29) is 16.8 Å². The summed E-state index contributed by atoms with van der Waals surface area (Å²) in [5.41, 5.74) is 12.3. The Kier molecular flexibility index (Phi) is 2.62. The van der Waals surface area contributed by atoms with Crippen molar-refractivity contribution in [3.8, 4) is 11.1 Å². The molecule has 0 amide bonds. The maximum absolute atomic E-state index is 13.0. The molecular weight excluding hydrogens is 231 g/mol. The van der Waals surface area contributed by atoms with Crippen LogP contribution in [0.1, 0.15) is 0 Å². The Morgan fingerprint density at radius 3 is 2.62 bits per heavy atom. The summed E-state index contributed by atoms with van der Waals surface area (Å²) in [6, 6.07) is 4.27. The van der Waals surface area contributed by atoms with E-state index in [1.165, 1.54) is 18.3 Å². The third-order valence-electron chi connectivity index (χ3n) is 2.07. The molecule has 1 aromatic carbocycles. The second-order valence-corrected chi connectivity index (χ2v) is 3.56. The molecule has 0 atom stereocenters. The van der Waals surface area contributed by atoms with Gasteiger partial charge in [-0.05, 0) is 17.7 Å². The summed E-state index contributed by atoms with van der Waals surface area (Å²) in [7, 11) is 0. The molecule has 0 fully saturated rings. The number of nitrogens with zero attached hydrogens (tertiary/aromatic N) is 2. The molecule has 1 aromatic heterocycles. The molecule has 0 saturated heterocycles. The van der Waals surface area contributed by atoms with Crippen molar-refractivity contribution in [2.24, 2.45) is 0 Å². The van der Waals surface area contributed by atoms with Gasteiger partial charge in [0, 0.05) is 11.8 Å². The predicted molar refractivity (Wildman–Crippen MR) is 61.3 cm³/mol. The van der Waals surface area contributed by atoms with Crippen molar-refractivity contribution in [1.29, 1.82) is 0 Å². The Hall–Kier alpha value is -1.88. The predicted octanol–water partition coefficient (Wildman–Crippen LogP) is 2.10. The summed E-state index contributed by atoms with van der Waals surface area (Å²) in [5, 5.41) is 0.0220. The third kappa shape index (κ3) is 1.90. The first-order chi connectivity index (χ1) is 7.58. The third-order valence-corrected chi connectivity index (χ3v) is 2.36. The minimum atomic E-state index is -0.486. The normalized spacial score (nSPS) is 10.4. The van der Waals surface area contributed by atoms with Crippen LogP contribution in [0.5, 0.6) is 0 Å². The summed E-state index contributed by atoms with van der Waals surface area (Å²) < 4.78 is 13.0. The van der Waals surface area contributed by atoms with Crippen LogP contribution in [-0.2, 0) is 0 Å². The fraction of sp³-hybridized carbons (Fsp3) is 0. The van der Waals surface area contributed by atoms with E-state index in [1.54, 1.807) is 6.07 Å². The molecule has 0 radical (unpaired) electrons. The molecule has 82 valence electrons. The van der Waals surface area contributed by atoms with E-state index in [4.69, 9.17) is 23.1 Å². The molecule has 0 aliphatic rings. The van der Waals surface area contributed by atoms with Crippen molar-refractivity contribution < 1.29 is 4.39 Å². The number of halogens is 2. The lowest BCUT2D eigenvalue weighted by Gasteiger charge is -2.05. The van der Waals surface area contributed by atoms with Gasteiger partial charge in [0.2, 0.25) is 5.95 Å². The molecule has 0 aliphatic carbocycles. The number of aromatic nitrogens is 2. The van der Waals surface area contributed by atoms with Gasteiger partial charge < -0.3 is 11.5 Å². The Labute approximate surface area is 96.1 Å². The van der Waals surface area contributed by atoms with Crippen LogP contribution < -0.4 is 11.5 Å². The number of nitrogen functional groups attached to an aromatic ring is 2. The van der Waals surface area contributed by atoms with E-state index in [1.807, 2.05) is 0 Å². The average Bonchev–Trinajstić information content (AvgIpc) is 2.22. The standard InChI is InChI=1S/C10H8ClFN4/c11-7-3-5(1-2-8(7)12)6-4-15-10(14)16-9(6)13/h1-4H,(H4,13,14,15,16). The number of benzene rings is 1. The minimum Gasteiger partial charge on any atom is -0.383 e. The van der Waals surface area contributed by atoms with Gasteiger partial charge in [-0.1, -0.05) is 17.7 Å². The van der Waals surface area contributed by atoms with Crippen LogP contribution in [0, 0.1) is 5.82 Å². The van der Waals surface area contributed by atoms with Crippen LogP contribution in [0.25, 0.3) is 11.1 Å². The summed E-state index contributed by atoms with van der Waals surface area (Å²) in [6.45, 7) is 0. The van der Waals surface area contributed by atoms with Crippen molar-refractivity contribution in [3.63, 3.8) is 0 Å². The number of hydrogen-bond donors (Lipinski definition) is 2. The highest BCUT2D eigenvalue weighted by Gasteiger charge is 2.07. The van der Waals surface area contributed by atoms with Crippen LogP contribution in [0.4, 0.5) is 16.2 Å². The maximum atomic E-state index is 13.0. The molecule has 0 saturated carbocycles. The van der Waals surface area contributed by atoms with Crippen LogP contribution in [-0.4, -0.2) is 9.97 Å². The van der Waals surface area contributed by atoms with E-state index >= 15 is 0 Å². The molecule has 6 heteroatoms. The van der Waals surface area contributed by atoms with Crippen LogP contribution in [0.3, 0.4) is 0 Å². The van der Waals surface area contributed by atoms with Gasteiger partial charge in [0.05, 0.1) is 5.02 Å². The average molecular weight is 239 g/mol. The molecular formula is C10H8ClFN4. The first-order valence-corrected chi connectivity index (χ1v) is 4.79. The Bertz CT molecular complexity index is 544. The zero-order chi connectivity index (χ0) is 11.7. The lowest BCUT2D eigenvalue weighted by molar-refractivity contribution is 0.628. The van der Waals surface area contributed by atoms with Crippen molar-refractivity contribution in [3.05, 3.63) is 35.2 Å². The molecule has 2 rings (SSSR count). The van der Waals surface area contributed by atoms with E-state index in [0.717, 1.165) is 0 Å². The lowest BCUT2D eigenvalue weighted by atomic mass is 10.1. The highest BCUT2D eigenvalue weighted by atomic mass is 35.5. The van der Waals surface area contributed by atoms with E-state index in [0.29, 0.717) is 11.1 Å². The summed E-state index contributed by atoms with van der Waals surface area (Å²) in [4.78, 5) is 7.63. The molecule has 0 unspecified atom stereocenters. The first kappa shape index (κ1) is 10.6. The van der Waals surface area contributed by atoms with Crippen LogP contribution >= 0.6 is 11.6 Å². The molecule has 0 spiro atoms. The fourth-order valence-corrected chi connectivity index (χ4v) is 1.48. The number of rotatable bonds is 1.